The van der Waals surface area contributed by atoms with Crippen LogP contribution in [0, 0.1) is 0 Å². The van der Waals surface area contributed by atoms with Crippen LogP contribution in [0.2, 0.25) is 0 Å². The molecule has 4 aliphatic carbocycles. The molecule has 0 bridgehead atoms. The Morgan fingerprint density at radius 3 is 2.45 bits per heavy atom. The van der Waals surface area contributed by atoms with Crippen molar-refractivity contribution in [2.75, 3.05) is 0 Å². The summed E-state index contributed by atoms with van der Waals surface area (Å²) in [5.74, 6) is 0. The van der Waals surface area contributed by atoms with Gasteiger partial charge >= 0.3 is 0 Å². The van der Waals surface area contributed by atoms with E-state index in [-0.39, 0.29) is 11.5 Å². The van der Waals surface area contributed by atoms with E-state index in [0.717, 1.165) is 25.7 Å². The summed E-state index contributed by atoms with van der Waals surface area (Å²) in [5.41, 5.74) is 14.1. The molecule has 1 heterocycles. The highest BCUT2D eigenvalue weighted by molar-refractivity contribution is 5.94. The zero-order valence-corrected chi connectivity index (χ0v) is 24.8. The number of hydrogen-bond donors (Lipinski definition) is 0. The first-order valence-electron chi connectivity index (χ1n) is 15.5. The summed E-state index contributed by atoms with van der Waals surface area (Å²) in [4.78, 5) is 2.77. The van der Waals surface area contributed by atoms with Gasteiger partial charge in [0.2, 0.25) is 0 Å². The minimum atomic E-state index is 0.0540. The third kappa shape index (κ3) is 3.85. The van der Waals surface area contributed by atoms with Crippen LogP contribution in [0.5, 0.6) is 0 Å². The standard InChI is InChI=1S/C40H38N2/c1-27-17-19-29(20-18-27)41(30-22-24-37-35(25-30)32-13-7-9-15-36(32)40(37,2)3)31-21-23-34-33-14-8-10-16-38(33)42(39(34)26-31)28-11-5-4-6-12-28/h4-17,19,21,23-25,30-31H,18,20,22,26H2,1-3H3. The molecule has 0 amide bonds. The van der Waals surface area contributed by atoms with E-state index < -0.39 is 0 Å². The maximum Gasteiger partial charge on any atom is 0.0537 e. The van der Waals surface area contributed by atoms with Gasteiger partial charge in [-0.15, -0.1) is 0 Å². The summed E-state index contributed by atoms with van der Waals surface area (Å²) in [5, 5.41) is 1.34. The van der Waals surface area contributed by atoms with Gasteiger partial charge in [-0.25, -0.2) is 0 Å². The van der Waals surface area contributed by atoms with Gasteiger partial charge in [0.25, 0.3) is 0 Å². The second-order valence-corrected chi connectivity index (χ2v) is 12.9. The molecule has 0 radical (unpaired) electrons. The number of fused-ring (bicyclic) bond motifs is 6. The summed E-state index contributed by atoms with van der Waals surface area (Å²) < 4.78 is 2.51. The average molecular weight is 547 g/mol. The van der Waals surface area contributed by atoms with Crippen LogP contribution in [0.1, 0.15) is 62.4 Å². The van der Waals surface area contributed by atoms with Gasteiger partial charge in [0, 0.05) is 39.9 Å². The van der Waals surface area contributed by atoms with Crippen molar-refractivity contribution >= 4 is 22.6 Å². The van der Waals surface area contributed by atoms with E-state index in [1.165, 1.54) is 61.4 Å². The summed E-state index contributed by atoms with van der Waals surface area (Å²) >= 11 is 0. The van der Waals surface area contributed by atoms with E-state index in [9.17, 15) is 0 Å². The van der Waals surface area contributed by atoms with Gasteiger partial charge in [0.05, 0.1) is 17.6 Å². The van der Waals surface area contributed by atoms with Gasteiger partial charge in [-0.05, 0) is 72.7 Å². The lowest BCUT2D eigenvalue weighted by molar-refractivity contribution is 0.233. The number of benzene rings is 3. The quantitative estimate of drug-likeness (QED) is 0.247. The van der Waals surface area contributed by atoms with E-state index in [1.807, 2.05) is 0 Å². The fourth-order valence-electron chi connectivity index (χ4n) is 7.99. The molecule has 0 spiro atoms. The van der Waals surface area contributed by atoms with Crippen LogP contribution in [0.3, 0.4) is 0 Å². The Morgan fingerprint density at radius 2 is 1.62 bits per heavy atom. The number of rotatable bonds is 4. The van der Waals surface area contributed by atoms with Crippen molar-refractivity contribution in [2.45, 2.75) is 64.0 Å². The fraction of sp³-hybridized carbons (Fsp3) is 0.250. The molecule has 3 aromatic carbocycles. The molecule has 0 saturated carbocycles. The second kappa shape index (κ2) is 9.63. The van der Waals surface area contributed by atoms with Crippen molar-refractivity contribution in [3.8, 4) is 5.69 Å². The third-order valence-electron chi connectivity index (χ3n) is 10.1. The molecule has 42 heavy (non-hydrogen) atoms. The molecular formula is C40H38N2. The molecule has 0 saturated heterocycles. The van der Waals surface area contributed by atoms with E-state index in [4.69, 9.17) is 0 Å². The summed E-state index contributed by atoms with van der Waals surface area (Å²) in [6.45, 7) is 7.04. The molecule has 1 aromatic heterocycles. The summed E-state index contributed by atoms with van der Waals surface area (Å²) in [6.07, 6.45) is 19.0. The lowest BCUT2D eigenvalue weighted by Gasteiger charge is -2.42. The zero-order chi connectivity index (χ0) is 28.4. The van der Waals surface area contributed by atoms with Crippen molar-refractivity contribution in [1.29, 1.82) is 0 Å². The van der Waals surface area contributed by atoms with Crippen molar-refractivity contribution in [3.63, 3.8) is 0 Å². The Bertz CT molecular complexity index is 1870. The first-order valence-corrected chi connectivity index (χ1v) is 15.5. The van der Waals surface area contributed by atoms with Crippen molar-refractivity contribution in [2.24, 2.45) is 0 Å². The van der Waals surface area contributed by atoms with Crippen LogP contribution in [0.15, 0.2) is 126 Å². The number of aromatic nitrogens is 1. The number of nitrogens with zero attached hydrogens (tertiary/aromatic N) is 2. The molecule has 208 valence electrons. The van der Waals surface area contributed by atoms with E-state index in [2.05, 4.69) is 146 Å². The van der Waals surface area contributed by atoms with Crippen LogP contribution >= 0.6 is 0 Å². The minimum absolute atomic E-state index is 0.0540. The topological polar surface area (TPSA) is 8.17 Å². The zero-order valence-electron chi connectivity index (χ0n) is 24.8. The van der Waals surface area contributed by atoms with E-state index in [1.54, 1.807) is 0 Å². The Labute approximate surface area is 249 Å². The smallest absolute Gasteiger partial charge is 0.0537 e. The molecule has 0 aliphatic heterocycles. The molecular weight excluding hydrogens is 508 g/mol. The van der Waals surface area contributed by atoms with Crippen LogP contribution in [-0.2, 0) is 11.8 Å². The fourth-order valence-corrected chi connectivity index (χ4v) is 7.99. The predicted octanol–water partition coefficient (Wildman–Crippen LogP) is 9.57. The molecule has 2 unspecified atom stereocenters. The monoisotopic (exact) mass is 546 g/mol. The number of hydrogen-bond acceptors (Lipinski definition) is 1. The van der Waals surface area contributed by atoms with Crippen molar-refractivity contribution in [1.82, 2.24) is 9.47 Å². The van der Waals surface area contributed by atoms with Crippen LogP contribution in [-0.4, -0.2) is 21.6 Å². The molecule has 2 atom stereocenters. The Hall–Kier alpha value is -4.30. The van der Waals surface area contributed by atoms with Gasteiger partial charge in [0.1, 0.15) is 0 Å². The SMILES string of the molecule is CC1=CC=C(N(C2C=C3C(=CC2)C(C)(C)c2ccccc23)C2C=Cc3c(n(-c4ccccc4)c4ccccc34)C2)CC1. The Morgan fingerprint density at radius 1 is 0.833 bits per heavy atom. The van der Waals surface area contributed by atoms with Crippen LogP contribution < -0.4 is 0 Å². The molecule has 0 fully saturated rings. The van der Waals surface area contributed by atoms with E-state index >= 15 is 0 Å². The highest BCUT2D eigenvalue weighted by atomic mass is 15.2. The van der Waals surface area contributed by atoms with Gasteiger partial charge in [-0.2, -0.15) is 0 Å². The van der Waals surface area contributed by atoms with Crippen molar-refractivity contribution in [3.05, 3.63) is 148 Å². The predicted molar refractivity (Wildman–Crippen MR) is 177 cm³/mol. The van der Waals surface area contributed by atoms with Crippen molar-refractivity contribution < 1.29 is 0 Å². The highest BCUT2D eigenvalue weighted by Crippen LogP contribution is 2.52. The first kappa shape index (κ1) is 25.4. The maximum absolute atomic E-state index is 2.77. The lowest BCUT2D eigenvalue weighted by atomic mass is 9.79. The molecule has 2 heteroatoms. The molecule has 2 nitrogen and oxygen atoms in total. The van der Waals surface area contributed by atoms with Gasteiger partial charge in [0.15, 0.2) is 0 Å². The number of para-hydroxylation sites is 2. The van der Waals surface area contributed by atoms with Gasteiger partial charge in [-0.3, -0.25) is 0 Å². The lowest BCUT2D eigenvalue weighted by Crippen LogP contribution is -2.44. The van der Waals surface area contributed by atoms with Gasteiger partial charge in [-0.1, -0.05) is 110 Å². The highest BCUT2D eigenvalue weighted by Gasteiger charge is 2.41. The minimum Gasteiger partial charge on any atom is -0.361 e. The van der Waals surface area contributed by atoms with Crippen LogP contribution in [0.4, 0.5) is 0 Å². The average Bonchev–Trinajstić information content (AvgIpc) is 3.47. The molecule has 4 aromatic rings. The Kier molecular flexibility index (Phi) is 5.83. The molecule has 0 N–H and O–H groups in total. The third-order valence-corrected chi connectivity index (χ3v) is 10.1. The second-order valence-electron chi connectivity index (χ2n) is 12.9. The number of allylic oxidation sites excluding steroid dienone is 6. The summed E-state index contributed by atoms with van der Waals surface area (Å²) in [7, 11) is 0. The van der Waals surface area contributed by atoms with E-state index in [0.29, 0.717) is 6.04 Å². The first-order chi connectivity index (χ1) is 20.5. The largest absolute Gasteiger partial charge is 0.361 e. The van der Waals surface area contributed by atoms with Gasteiger partial charge < -0.3 is 9.47 Å². The maximum atomic E-state index is 2.77. The molecule has 8 rings (SSSR count). The normalized spacial score (nSPS) is 22.0. The molecule has 4 aliphatic rings. The Balaban J connectivity index is 1.25. The van der Waals surface area contributed by atoms with Crippen LogP contribution in [0.25, 0.3) is 28.2 Å². The summed E-state index contributed by atoms with van der Waals surface area (Å²) in [6, 6.07) is 29.4.